The van der Waals surface area contributed by atoms with Crippen LogP contribution >= 0.6 is 12.4 Å². The highest BCUT2D eigenvalue weighted by Gasteiger charge is 2.50. The smallest absolute Gasteiger partial charge is 0.393 e. The summed E-state index contributed by atoms with van der Waals surface area (Å²) >= 11 is 0. The van der Waals surface area contributed by atoms with Gasteiger partial charge < -0.3 is 10.1 Å². The van der Waals surface area contributed by atoms with Crippen LogP contribution in [0.3, 0.4) is 0 Å². The second-order valence-electron chi connectivity index (χ2n) is 2.89. The van der Waals surface area contributed by atoms with Gasteiger partial charge in [-0.1, -0.05) is 0 Å². The molecule has 2 atom stereocenters. The number of carbonyl (C=O) groups is 1. The standard InChI is InChI=1S/C7H10F3NO2.ClH/c1-13-6(12)5-4(2-3-11-5)7(8,9)10;/h4-5,11H,2-3H2,1H3;1H. The van der Waals surface area contributed by atoms with Crippen molar-refractivity contribution in [1.82, 2.24) is 5.32 Å². The average molecular weight is 234 g/mol. The molecule has 3 nitrogen and oxygen atoms in total. The molecule has 0 aromatic carbocycles. The van der Waals surface area contributed by atoms with E-state index in [1.54, 1.807) is 0 Å². The van der Waals surface area contributed by atoms with Crippen LogP contribution in [0.15, 0.2) is 0 Å². The maximum absolute atomic E-state index is 12.3. The minimum absolute atomic E-state index is 0. The number of carbonyl (C=O) groups excluding carboxylic acids is 1. The van der Waals surface area contributed by atoms with Gasteiger partial charge >= 0.3 is 12.1 Å². The van der Waals surface area contributed by atoms with Gasteiger partial charge in [0.25, 0.3) is 0 Å². The molecule has 84 valence electrons. The highest BCUT2D eigenvalue weighted by Crippen LogP contribution is 2.34. The third kappa shape index (κ3) is 2.75. The molecular formula is C7H11ClF3NO2. The normalized spacial score (nSPS) is 26.9. The number of hydrogen-bond donors (Lipinski definition) is 1. The predicted octanol–water partition coefficient (Wildman–Crippen LogP) is 1.12. The summed E-state index contributed by atoms with van der Waals surface area (Å²) in [7, 11) is 1.08. The molecule has 1 saturated heterocycles. The van der Waals surface area contributed by atoms with Crippen molar-refractivity contribution in [3.05, 3.63) is 0 Å². The summed E-state index contributed by atoms with van der Waals surface area (Å²) in [6.45, 7) is 0.198. The summed E-state index contributed by atoms with van der Waals surface area (Å²) in [4.78, 5) is 10.9. The van der Waals surface area contributed by atoms with E-state index >= 15 is 0 Å². The zero-order valence-corrected chi connectivity index (χ0v) is 8.24. The minimum atomic E-state index is -4.33. The Morgan fingerprint density at radius 1 is 1.50 bits per heavy atom. The zero-order chi connectivity index (χ0) is 10.1. The van der Waals surface area contributed by atoms with Crippen LogP contribution in [-0.4, -0.2) is 31.8 Å². The van der Waals surface area contributed by atoms with Gasteiger partial charge in [0.15, 0.2) is 0 Å². The molecule has 0 bridgehead atoms. The number of methoxy groups -OCH3 is 1. The fourth-order valence-electron chi connectivity index (χ4n) is 1.43. The maximum Gasteiger partial charge on any atom is 0.393 e. The highest BCUT2D eigenvalue weighted by atomic mass is 35.5. The molecule has 1 N–H and O–H groups in total. The lowest BCUT2D eigenvalue weighted by atomic mass is 10.0. The fraction of sp³-hybridized carbons (Fsp3) is 0.857. The Morgan fingerprint density at radius 3 is 2.50 bits per heavy atom. The Labute approximate surface area is 85.4 Å². The zero-order valence-electron chi connectivity index (χ0n) is 7.43. The molecule has 2 unspecified atom stereocenters. The van der Waals surface area contributed by atoms with Gasteiger partial charge in [-0.05, 0) is 13.0 Å². The van der Waals surface area contributed by atoms with Gasteiger partial charge in [-0.15, -0.1) is 12.4 Å². The van der Waals surface area contributed by atoms with E-state index < -0.39 is 24.1 Å². The highest BCUT2D eigenvalue weighted by molar-refractivity contribution is 5.85. The first-order valence-electron chi connectivity index (χ1n) is 3.84. The second kappa shape index (κ2) is 4.84. The van der Waals surface area contributed by atoms with Crippen LogP contribution < -0.4 is 5.32 Å². The van der Waals surface area contributed by atoms with E-state index in [1.807, 2.05) is 0 Å². The monoisotopic (exact) mass is 233 g/mol. The first-order valence-corrected chi connectivity index (χ1v) is 3.84. The summed E-state index contributed by atoms with van der Waals surface area (Å²) in [6, 6.07) is -1.23. The lowest BCUT2D eigenvalue weighted by Crippen LogP contribution is -2.42. The number of rotatable bonds is 1. The van der Waals surface area contributed by atoms with Gasteiger partial charge in [-0.2, -0.15) is 13.2 Å². The van der Waals surface area contributed by atoms with Crippen LogP contribution in [0.4, 0.5) is 13.2 Å². The summed E-state index contributed by atoms with van der Waals surface area (Å²) in [5, 5.41) is 2.47. The van der Waals surface area contributed by atoms with Crippen molar-refractivity contribution in [1.29, 1.82) is 0 Å². The van der Waals surface area contributed by atoms with Crippen molar-refractivity contribution < 1.29 is 22.7 Å². The molecule has 14 heavy (non-hydrogen) atoms. The van der Waals surface area contributed by atoms with Crippen LogP contribution in [0.2, 0.25) is 0 Å². The molecule has 7 heteroatoms. The average Bonchev–Trinajstić information content (AvgIpc) is 2.49. The van der Waals surface area contributed by atoms with Gasteiger partial charge in [0.05, 0.1) is 13.0 Å². The van der Waals surface area contributed by atoms with E-state index in [0.29, 0.717) is 0 Å². The molecule has 1 fully saturated rings. The predicted molar refractivity (Wildman–Crippen MR) is 45.2 cm³/mol. The number of hydrogen-bond acceptors (Lipinski definition) is 3. The van der Waals surface area contributed by atoms with E-state index in [0.717, 1.165) is 7.11 Å². The molecule has 0 radical (unpaired) electrons. The Bertz CT molecular complexity index is 210. The maximum atomic E-state index is 12.3. The Morgan fingerprint density at radius 2 is 2.07 bits per heavy atom. The van der Waals surface area contributed by atoms with E-state index in [-0.39, 0.29) is 25.4 Å². The number of halogens is 4. The van der Waals surface area contributed by atoms with Crippen LogP contribution in [0.1, 0.15) is 6.42 Å². The molecule has 1 heterocycles. The number of ether oxygens (including phenoxy) is 1. The van der Waals surface area contributed by atoms with Crippen molar-refractivity contribution in [2.24, 2.45) is 5.92 Å². The SMILES string of the molecule is COC(=O)C1NCCC1C(F)(F)F.Cl. The van der Waals surface area contributed by atoms with E-state index in [2.05, 4.69) is 10.1 Å². The van der Waals surface area contributed by atoms with Crippen LogP contribution in [0.25, 0.3) is 0 Å². The van der Waals surface area contributed by atoms with Gasteiger partial charge in [0, 0.05) is 0 Å². The van der Waals surface area contributed by atoms with Crippen molar-refractivity contribution in [3.63, 3.8) is 0 Å². The molecule has 1 aliphatic heterocycles. The molecule has 0 saturated carbocycles. The van der Waals surface area contributed by atoms with Crippen LogP contribution in [0, 0.1) is 5.92 Å². The molecule has 0 aromatic rings. The van der Waals surface area contributed by atoms with Crippen molar-refractivity contribution in [2.45, 2.75) is 18.6 Å². The molecule has 1 aliphatic rings. The Balaban J connectivity index is 0.00000169. The Kier molecular flexibility index (Phi) is 4.67. The lowest BCUT2D eigenvalue weighted by molar-refractivity contribution is -0.184. The summed E-state index contributed by atoms with van der Waals surface area (Å²) in [6.07, 6.45) is -4.40. The number of alkyl halides is 3. The first kappa shape index (κ1) is 13.5. The Hall–Kier alpha value is -0.490. The molecule has 0 aromatic heterocycles. The van der Waals surface area contributed by atoms with Gasteiger partial charge in [-0.3, -0.25) is 4.79 Å². The van der Waals surface area contributed by atoms with Gasteiger partial charge in [0.2, 0.25) is 0 Å². The summed E-state index contributed by atoms with van der Waals surface area (Å²) < 4.78 is 41.0. The van der Waals surface area contributed by atoms with Crippen LogP contribution in [-0.2, 0) is 9.53 Å². The summed E-state index contributed by atoms with van der Waals surface area (Å²) in [5.74, 6) is -2.46. The second-order valence-corrected chi connectivity index (χ2v) is 2.89. The van der Waals surface area contributed by atoms with Gasteiger partial charge in [-0.25, -0.2) is 0 Å². The van der Waals surface area contributed by atoms with Crippen LogP contribution in [0.5, 0.6) is 0 Å². The molecular weight excluding hydrogens is 223 g/mol. The van der Waals surface area contributed by atoms with Crippen molar-refractivity contribution >= 4 is 18.4 Å². The quantitative estimate of drug-likeness (QED) is 0.690. The third-order valence-electron chi connectivity index (χ3n) is 2.10. The van der Waals surface area contributed by atoms with Gasteiger partial charge in [0.1, 0.15) is 6.04 Å². The lowest BCUT2D eigenvalue weighted by Gasteiger charge is -2.19. The number of esters is 1. The van der Waals surface area contributed by atoms with E-state index in [1.165, 1.54) is 0 Å². The summed E-state index contributed by atoms with van der Waals surface area (Å²) in [5.41, 5.74) is 0. The molecule has 1 rings (SSSR count). The van der Waals surface area contributed by atoms with Crippen molar-refractivity contribution in [3.8, 4) is 0 Å². The molecule has 0 spiro atoms. The third-order valence-corrected chi connectivity index (χ3v) is 2.10. The fourth-order valence-corrected chi connectivity index (χ4v) is 1.43. The van der Waals surface area contributed by atoms with E-state index in [4.69, 9.17) is 0 Å². The largest absolute Gasteiger partial charge is 0.468 e. The van der Waals surface area contributed by atoms with Crippen molar-refractivity contribution in [2.75, 3.05) is 13.7 Å². The topological polar surface area (TPSA) is 38.3 Å². The molecule has 0 amide bonds. The molecule has 0 aliphatic carbocycles. The minimum Gasteiger partial charge on any atom is -0.468 e. The van der Waals surface area contributed by atoms with E-state index in [9.17, 15) is 18.0 Å². The number of nitrogens with one attached hydrogen (secondary N) is 1. The first-order chi connectivity index (χ1) is 5.96.